The molecule has 0 spiro atoms. The molecule has 0 radical (unpaired) electrons. The zero-order chi connectivity index (χ0) is 14.6. The van der Waals surface area contributed by atoms with Crippen LogP contribution in [0.15, 0.2) is 18.2 Å². The van der Waals surface area contributed by atoms with E-state index in [2.05, 4.69) is 32.0 Å². The molecule has 0 aliphatic rings. The Balaban J connectivity index is 3.01. The highest BCUT2D eigenvalue weighted by atomic mass is 16.2. The summed E-state index contributed by atoms with van der Waals surface area (Å²) in [5, 5.41) is 0. The molecule has 0 aliphatic carbocycles. The van der Waals surface area contributed by atoms with E-state index in [-0.39, 0.29) is 11.8 Å². The fraction of sp³-hybridized carbons (Fsp3) is 0.562. The van der Waals surface area contributed by atoms with Crippen LogP contribution in [-0.4, -0.2) is 19.5 Å². The van der Waals surface area contributed by atoms with E-state index in [0.29, 0.717) is 12.5 Å². The van der Waals surface area contributed by atoms with Crippen molar-refractivity contribution in [2.45, 2.75) is 40.0 Å². The number of carbonyl (C=O) groups is 1. The van der Waals surface area contributed by atoms with Gasteiger partial charge < -0.3 is 10.6 Å². The number of hydrogen-bond donors (Lipinski definition) is 1. The molecule has 1 rings (SSSR count). The van der Waals surface area contributed by atoms with E-state index in [0.717, 1.165) is 17.7 Å². The molecule has 0 bridgehead atoms. The van der Waals surface area contributed by atoms with Gasteiger partial charge in [0.05, 0.1) is 0 Å². The fourth-order valence-corrected chi connectivity index (χ4v) is 2.17. The number of aryl methyl sites for hydroxylation is 1. The summed E-state index contributed by atoms with van der Waals surface area (Å²) in [6.45, 7) is 8.84. The van der Waals surface area contributed by atoms with Crippen molar-refractivity contribution < 1.29 is 4.79 Å². The van der Waals surface area contributed by atoms with E-state index >= 15 is 0 Å². The van der Waals surface area contributed by atoms with Crippen molar-refractivity contribution in [3.8, 4) is 0 Å². The first-order valence-electron chi connectivity index (χ1n) is 6.96. The van der Waals surface area contributed by atoms with Crippen LogP contribution in [0, 0.1) is 12.8 Å². The third-order valence-corrected chi connectivity index (χ3v) is 3.61. The van der Waals surface area contributed by atoms with Gasteiger partial charge in [0.2, 0.25) is 5.91 Å². The summed E-state index contributed by atoms with van der Waals surface area (Å²) in [5.74, 6) is 0.566. The normalized spacial score (nSPS) is 12.6. The number of anilines is 1. The second kappa shape index (κ2) is 6.71. The van der Waals surface area contributed by atoms with E-state index in [1.54, 1.807) is 4.90 Å². The monoisotopic (exact) mass is 262 g/mol. The molecule has 2 N–H and O–H groups in total. The highest BCUT2D eigenvalue weighted by Gasteiger charge is 2.19. The highest BCUT2D eigenvalue weighted by molar-refractivity contribution is 5.95. The number of nitrogens with two attached hydrogens (primary N) is 1. The Hall–Kier alpha value is -1.35. The van der Waals surface area contributed by atoms with Gasteiger partial charge in [0.1, 0.15) is 0 Å². The molecule has 0 aliphatic heterocycles. The summed E-state index contributed by atoms with van der Waals surface area (Å²) >= 11 is 0. The summed E-state index contributed by atoms with van der Waals surface area (Å²) < 4.78 is 0. The van der Waals surface area contributed by atoms with Gasteiger partial charge in [-0.2, -0.15) is 0 Å². The SMILES string of the molecule is Cc1ccc(C(C)C)cc1N(C)C(=O)C(C)CCN. The molecule has 3 nitrogen and oxygen atoms in total. The molecule has 106 valence electrons. The van der Waals surface area contributed by atoms with Gasteiger partial charge in [-0.25, -0.2) is 0 Å². The van der Waals surface area contributed by atoms with Crippen LogP contribution in [0.5, 0.6) is 0 Å². The van der Waals surface area contributed by atoms with Crippen molar-refractivity contribution in [3.05, 3.63) is 29.3 Å². The largest absolute Gasteiger partial charge is 0.330 e. The molecular weight excluding hydrogens is 236 g/mol. The molecular formula is C16H26N2O. The summed E-state index contributed by atoms with van der Waals surface area (Å²) in [6, 6.07) is 6.33. The number of hydrogen-bond acceptors (Lipinski definition) is 2. The lowest BCUT2D eigenvalue weighted by Crippen LogP contribution is -2.33. The number of carbonyl (C=O) groups excluding carboxylic acids is 1. The fourth-order valence-electron chi connectivity index (χ4n) is 2.17. The average Bonchev–Trinajstić information content (AvgIpc) is 2.37. The molecule has 0 saturated heterocycles. The van der Waals surface area contributed by atoms with Gasteiger partial charge in [-0.05, 0) is 43.0 Å². The lowest BCUT2D eigenvalue weighted by Gasteiger charge is -2.24. The predicted octanol–water partition coefficient (Wildman–Crippen LogP) is 3.07. The van der Waals surface area contributed by atoms with Crippen LogP contribution in [0.25, 0.3) is 0 Å². The molecule has 1 aromatic rings. The van der Waals surface area contributed by atoms with E-state index in [1.165, 1.54) is 5.56 Å². The van der Waals surface area contributed by atoms with Crippen molar-refractivity contribution >= 4 is 11.6 Å². The minimum Gasteiger partial charge on any atom is -0.330 e. The van der Waals surface area contributed by atoms with Crippen molar-refractivity contribution in [3.63, 3.8) is 0 Å². The number of rotatable bonds is 5. The molecule has 1 aromatic carbocycles. The second-order valence-electron chi connectivity index (χ2n) is 5.58. The minimum absolute atomic E-state index is 0.0305. The van der Waals surface area contributed by atoms with Crippen LogP contribution in [0.3, 0.4) is 0 Å². The Morgan fingerprint density at radius 1 is 1.32 bits per heavy atom. The van der Waals surface area contributed by atoms with Crippen LogP contribution in [0.4, 0.5) is 5.69 Å². The van der Waals surface area contributed by atoms with Crippen LogP contribution in [0.2, 0.25) is 0 Å². The average molecular weight is 262 g/mol. The van der Waals surface area contributed by atoms with Crippen molar-refractivity contribution in [2.75, 3.05) is 18.5 Å². The lowest BCUT2D eigenvalue weighted by molar-refractivity contribution is -0.121. The molecule has 1 atom stereocenters. The summed E-state index contributed by atoms with van der Waals surface area (Å²) in [6.07, 6.45) is 0.728. The van der Waals surface area contributed by atoms with Crippen molar-refractivity contribution in [1.29, 1.82) is 0 Å². The molecule has 0 aromatic heterocycles. The zero-order valence-corrected chi connectivity index (χ0v) is 12.7. The van der Waals surface area contributed by atoms with Crippen LogP contribution >= 0.6 is 0 Å². The molecule has 3 heteroatoms. The van der Waals surface area contributed by atoms with Crippen LogP contribution in [-0.2, 0) is 4.79 Å². The first-order valence-corrected chi connectivity index (χ1v) is 6.96. The highest BCUT2D eigenvalue weighted by Crippen LogP contribution is 2.26. The maximum atomic E-state index is 12.3. The van der Waals surface area contributed by atoms with Gasteiger partial charge in [-0.1, -0.05) is 32.9 Å². The topological polar surface area (TPSA) is 46.3 Å². The molecule has 19 heavy (non-hydrogen) atoms. The van der Waals surface area contributed by atoms with E-state index < -0.39 is 0 Å². The van der Waals surface area contributed by atoms with Gasteiger partial charge in [0, 0.05) is 18.7 Å². The summed E-state index contributed by atoms with van der Waals surface area (Å²) in [5.41, 5.74) is 8.91. The van der Waals surface area contributed by atoms with E-state index in [1.807, 2.05) is 20.9 Å². The molecule has 0 saturated carbocycles. The third-order valence-electron chi connectivity index (χ3n) is 3.61. The smallest absolute Gasteiger partial charge is 0.229 e. The Labute approximate surface area is 116 Å². The van der Waals surface area contributed by atoms with E-state index in [4.69, 9.17) is 5.73 Å². The number of benzene rings is 1. The number of nitrogens with zero attached hydrogens (tertiary/aromatic N) is 1. The van der Waals surface area contributed by atoms with Crippen LogP contribution in [0.1, 0.15) is 44.2 Å². The van der Waals surface area contributed by atoms with Crippen molar-refractivity contribution in [1.82, 2.24) is 0 Å². The number of amides is 1. The van der Waals surface area contributed by atoms with Gasteiger partial charge in [-0.3, -0.25) is 4.79 Å². The first-order chi connectivity index (χ1) is 8.88. The molecule has 1 unspecified atom stereocenters. The van der Waals surface area contributed by atoms with Crippen LogP contribution < -0.4 is 10.6 Å². The van der Waals surface area contributed by atoms with Gasteiger partial charge in [0.25, 0.3) is 0 Å². The standard InChI is InChI=1S/C16H26N2O/c1-11(2)14-7-6-12(3)15(10-14)18(5)16(19)13(4)8-9-17/h6-7,10-11,13H,8-9,17H2,1-5H3. The Morgan fingerprint density at radius 3 is 2.47 bits per heavy atom. The zero-order valence-electron chi connectivity index (χ0n) is 12.7. The van der Waals surface area contributed by atoms with Gasteiger partial charge in [0.15, 0.2) is 0 Å². The maximum absolute atomic E-state index is 12.3. The Morgan fingerprint density at radius 2 is 1.95 bits per heavy atom. The van der Waals surface area contributed by atoms with Gasteiger partial charge in [-0.15, -0.1) is 0 Å². The Kier molecular flexibility index (Phi) is 5.55. The van der Waals surface area contributed by atoms with Crippen molar-refractivity contribution in [2.24, 2.45) is 11.7 Å². The van der Waals surface area contributed by atoms with E-state index in [9.17, 15) is 4.79 Å². The molecule has 1 amide bonds. The summed E-state index contributed by atoms with van der Waals surface area (Å²) in [7, 11) is 1.85. The second-order valence-corrected chi connectivity index (χ2v) is 5.58. The third kappa shape index (κ3) is 3.80. The minimum atomic E-state index is -0.0305. The molecule has 0 heterocycles. The maximum Gasteiger partial charge on any atom is 0.229 e. The quantitative estimate of drug-likeness (QED) is 0.886. The summed E-state index contributed by atoms with van der Waals surface area (Å²) in [4.78, 5) is 14.1. The molecule has 0 fully saturated rings. The lowest BCUT2D eigenvalue weighted by atomic mass is 9.99. The van der Waals surface area contributed by atoms with Gasteiger partial charge >= 0.3 is 0 Å². The Bertz CT molecular complexity index is 440. The predicted molar refractivity (Wildman–Crippen MR) is 81.5 cm³/mol. The first kappa shape index (κ1) is 15.7.